The highest BCUT2D eigenvalue weighted by atomic mass is 35.5. The summed E-state index contributed by atoms with van der Waals surface area (Å²) in [5, 5.41) is 30.9. The molecule has 3 N–H and O–H groups in total. The molecule has 4 aromatic rings. The van der Waals surface area contributed by atoms with Gasteiger partial charge in [0.1, 0.15) is 44.0 Å². The van der Waals surface area contributed by atoms with Crippen molar-refractivity contribution in [1.29, 1.82) is 5.26 Å². The van der Waals surface area contributed by atoms with Gasteiger partial charge in [-0.15, -0.1) is 0 Å². The number of ether oxygens (including phenoxy) is 4. The number of benzene rings is 4. The summed E-state index contributed by atoms with van der Waals surface area (Å²) in [6, 6.07) is 22.8. The number of carboxylic acids is 2. The van der Waals surface area contributed by atoms with Crippen LogP contribution in [-0.2, 0) is 29.3 Å². The van der Waals surface area contributed by atoms with Crippen molar-refractivity contribution in [1.82, 2.24) is 5.32 Å². The Bertz CT molecular complexity index is 1800. The maximum Gasteiger partial charge on any atom is 0.321 e. The normalized spacial score (nSPS) is 12.5. The van der Waals surface area contributed by atoms with Crippen LogP contribution in [0.5, 0.6) is 23.0 Å². The molecular weight excluding hydrogens is 612 g/mol. The van der Waals surface area contributed by atoms with Gasteiger partial charge in [-0.25, -0.2) is 0 Å². The van der Waals surface area contributed by atoms with E-state index in [1.54, 1.807) is 30.3 Å². The molecule has 0 unspecified atom stereocenters. The molecule has 236 valence electrons. The van der Waals surface area contributed by atoms with Crippen molar-refractivity contribution < 1.29 is 38.7 Å². The first kappa shape index (κ1) is 32.2. The van der Waals surface area contributed by atoms with Crippen LogP contribution in [0.2, 0.25) is 5.02 Å². The van der Waals surface area contributed by atoms with Gasteiger partial charge in [-0.2, -0.15) is 5.26 Å². The maximum atomic E-state index is 11.6. The Morgan fingerprint density at radius 1 is 0.935 bits per heavy atom. The predicted octanol–water partition coefficient (Wildman–Crippen LogP) is 6.13. The molecule has 0 saturated heterocycles. The molecular formula is C35H31ClN2O8. The third kappa shape index (κ3) is 7.88. The first-order chi connectivity index (χ1) is 22.2. The number of rotatable bonds is 13. The summed E-state index contributed by atoms with van der Waals surface area (Å²) in [5.74, 6) is -0.416. The molecule has 11 heteroatoms. The molecule has 1 aliphatic rings. The van der Waals surface area contributed by atoms with E-state index in [2.05, 4.69) is 11.4 Å². The maximum absolute atomic E-state index is 11.6. The minimum atomic E-state index is -1.32. The standard InChI is InChI=1S/C35H31ClN2O8/c1-21-25(6-3-7-27(21)24-8-9-30-33(14-24)44-11-10-43-30)20-46-32-16-31(45-19-23-5-2-4-22(12-23)17-37)26(13-28(32)36)18-38-29(35(41)42)15-34(39)40/h2-9,12-14,16,29,38H,10-11,15,18-20H2,1H3,(H,39,40)(H,41,42)/t29-/m0/s1. The van der Waals surface area contributed by atoms with Crippen molar-refractivity contribution in [2.75, 3.05) is 13.2 Å². The van der Waals surface area contributed by atoms with Gasteiger partial charge in [-0.3, -0.25) is 14.9 Å². The first-order valence-electron chi connectivity index (χ1n) is 14.5. The number of nitrogens with one attached hydrogen (secondary N) is 1. The molecule has 5 rings (SSSR count). The van der Waals surface area contributed by atoms with E-state index in [1.807, 2.05) is 49.4 Å². The number of hydrogen-bond donors (Lipinski definition) is 3. The van der Waals surface area contributed by atoms with Gasteiger partial charge in [0.15, 0.2) is 11.5 Å². The molecule has 1 heterocycles. The van der Waals surface area contributed by atoms with E-state index in [0.29, 0.717) is 41.6 Å². The molecule has 0 amide bonds. The quantitative estimate of drug-likeness (QED) is 0.155. The van der Waals surface area contributed by atoms with Crippen molar-refractivity contribution >= 4 is 23.5 Å². The zero-order valence-corrected chi connectivity index (χ0v) is 25.7. The Hall–Kier alpha value is -5.24. The monoisotopic (exact) mass is 642 g/mol. The lowest BCUT2D eigenvalue weighted by Crippen LogP contribution is -2.38. The lowest BCUT2D eigenvalue weighted by molar-refractivity contribution is -0.146. The molecule has 0 saturated carbocycles. The van der Waals surface area contributed by atoms with Crippen molar-refractivity contribution in [3.63, 3.8) is 0 Å². The summed E-state index contributed by atoms with van der Waals surface area (Å²) in [6.07, 6.45) is -0.605. The summed E-state index contributed by atoms with van der Waals surface area (Å²) in [5.41, 5.74) is 5.68. The highest BCUT2D eigenvalue weighted by Gasteiger charge is 2.22. The summed E-state index contributed by atoms with van der Waals surface area (Å²) >= 11 is 6.64. The Morgan fingerprint density at radius 2 is 1.70 bits per heavy atom. The van der Waals surface area contributed by atoms with Crippen molar-refractivity contribution in [3.8, 4) is 40.2 Å². The first-order valence-corrected chi connectivity index (χ1v) is 14.8. The van der Waals surface area contributed by atoms with Gasteiger partial charge in [0.2, 0.25) is 0 Å². The Morgan fingerprint density at radius 3 is 2.46 bits per heavy atom. The number of carbonyl (C=O) groups is 2. The average molecular weight is 643 g/mol. The number of nitriles is 1. The van der Waals surface area contributed by atoms with Gasteiger partial charge in [0.25, 0.3) is 0 Å². The van der Waals surface area contributed by atoms with Crippen LogP contribution in [0.25, 0.3) is 11.1 Å². The van der Waals surface area contributed by atoms with Crippen LogP contribution < -0.4 is 24.3 Å². The van der Waals surface area contributed by atoms with Gasteiger partial charge in [0, 0.05) is 18.2 Å². The molecule has 0 aromatic heterocycles. The number of hydrogen-bond acceptors (Lipinski definition) is 8. The summed E-state index contributed by atoms with van der Waals surface area (Å²) in [6.45, 7) is 3.31. The number of fused-ring (bicyclic) bond motifs is 1. The van der Waals surface area contributed by atoms with E-state index in [0.717, 1.165) is 33.6 Å². The number of halogens is 1. The smallest absolute Gasteiger partial charge is 0.321 e. The molecule has 4 aromatic carbocycles. The van der Waals surface area contributed by atoms with E-state index < -0.39 is 24.4 Å². The summed E-state index contributed by atoms with van der Waals surface area (Å²) < 4.78 is 23.7. The molecule has 0 fully saturated rings. The molecule has 10 nitrogen and oxygen atoms in total. The lowest BCUT2D eigenvalue weighted by atomic mass is 9.96. The lowest BCUT2D eigenvalue weighted by Gasteiger charge is -2.20. The number of aliphatic carboxylic acids is 2. The SMILES string of the molecule is Cc1c(COc2cc(OCc3cccc(C#N)c3)c(CN[C@@H](CC(=O)O)C(=O)O)cc2Cl)cccc1-c1ccc2c(c1)OCCO2. The highest BCUT2D eigenvalue weighted by Crippen LogP contribution is 2.37. The van der Waals surface area contributed by atoms with E-state index in [9.17, 15) is 20.0 Å². The molecule has 0 aliphatic carbocycles. The van der Waals surface area contributed by atoms with E-state index in [4.69, 9.17) is 35.7 Å². The second kappa shape index (κ2) is 14.7. The van der Waals surface area contributed by atoms with Crippen molar-refractivity contribution in [2.24, 2.45) is 0 Å². The van der Waals surface area contributed by atoms with Crippen molar-refractivity contribution in [2.45, 2.75) is 39.1 Å². The predicted molar refractivity (Wildman–Crippen MR) is 169 cm³/mol. The van der Waals surface area contributed by atoms with Gasteiger partial charge >= 0.3 is 11.9 Å². The van der Waals surface area contributed by atoms with Crippen LogP contribution in [-0.4, -0.2) is 41.4 Å². The third-order valence-corrected chi connectivity index (χ3v) is 7.76. The average Bonchev–Trinajstić information content (AvgIpc) is 3.05. The molecule has 1 aliphatic heterocycles. The van der Waals surface area contributed by atoms with Crippen molar-refractivity contribution in [3.05, 3.63) is 106 Å². The zero-order valence-electron chi connectivity index (χ0n) is 24.9. The Kier molecular flexibility index (Phi) is 10.3. The topological polar surface area (TPSA) is 147 Å². The Balaban J connectivity index is 1.38. The van der Waals surface area contributed by atoms with E-state index >= 15 is 0 Å². The highest BCUT2D eigenvalue weighted by molar-refractivity contribution is 6.32. The van der Waals surface area contributed by atoms with E-state index in [1.165, 1.54) is 0 Å². The number of nitrogens with zero attached hydrogens (tertiary/aromatic N) is 1. The van der Waals surface area contributed by atoms with Crippen LogP contribution in [0.1, 0.15) is 34.2 Å². The van der Waals surface area contributed by atoms with Crippen LogP contribution >= 0.6 is 11.6 Å². The summed E-state index contributed by atoms with van der Waals surface area (Å²) in [4.78, 5) is 22.8. The number of carboxylic acid groups (broad SMARTS) is 2. The van der Waals surface area contributed by atoms with Gasteiger partial charge in [0.05, 0.1) is 23.1 Å². The minimum absolute atomic E-state index is 0.0332. The van der Waals surface area contributed by atoms with Crippen LogP contribution in [0.4, 0.5) is 0 Å². The van der Waals surface area contributed by atoms with Crippen LogP contribution in [0, 0.1) is 18.3 Å². The Labute approximate surface area is 270 Å². The van der Waals surface area contributed by atoms with Crippen LogP contribution in [0.15, 0.2) is 72.8 Å². The van der Waals surface area contributed by atoms with Gasteiger partial charge in [-0.05, 0) is 65.1 Å². The van der Waals surface area contributed by atoms with Gasteiger partial charge < -0.3 is 29.2 Å². The second-order valence-corrected chi connectivity index (χ2v) is 11.0. The molecule has 46 heavy (non-hydrogen) atoms. The largest absolute Gasteiger partial charge is 0.488 e. The summed E-state index contributed by atoms with van der Waals surface area (Å²) in [7, 11) is 0. The molecule has 0 radical (unpaired) electrons. The third-order valence-electron chi connectivity index (χ3n) is 7.46. The molecule has 0 bridgehead atoms. The fraction of sp³-hybridized carbons (Fsp3) is 0.229. The molecule has 1 atom stereocenters. The fourth-order valence-electron chi connectivity index (χ4n) is 5.02. The fourth-order valence-corrected chi connectivity index (χ4v) is 5.27. The van der Waals surface area contributed by atoms with Gasteiger partial charge in [-0.1, -0.05) is 48.0 Å². The van der Waals surface area contributed by atoms with E-state index in [-0.39, 0.29) is 24.8 Å². The molecule has 0 spiro atoms. The minimum Gasteiger partial charge on any atom is -0.488 e. The zero-order chi connectivity index (χ0) is 32.6. The van der Waals surface area contributed by atoms with Crippen LogP contribution in [0.3, 0.4) is 0 Å². The second-order valence-electron chi connectivity index (χ2n) is 10.6.